The highest BCUT2D eigenvalue weighted by molar-refractivity contribution is 5.14. The van der Waals surface area contributed by atoms with E-state index in [-0.39, 0.29) is 6.42 Å². The highest BCUT2D eigenvalue weighted by Gasteiger charge is 2.29. The predicted octanol–water partition coefficient (Wildman–Crippen LogP) is 2.31. The number of hydrogen-bond donors (Lipinski definition) is 2. The number of aromatic nitrogens is 2. The third kappa shape index (κ3) is 3.99. The molecular weight excluding hydrogens is 245 g/mol. The van der Waals surface area contributed by atoms with Gasteiger partial charge in [0.15, 0.2) is 0 Å². The molecule has 1 heterocycles. The molecule has 0 aliphatic carbocycles. The maximum absolute atomic E-state index is 12.2. The monoisotopic (exact) mass is 264 g/mol. The topological polar surface area (TPSA) is 55.9 Å². The molecule has 0 saturated carbocycles. The van der Waals surface area contributed by atoms with E-state index in [0.717, 1.165) is 12.1 Å². The summed E-state index contributed by atoms with van der Waals surface area (Å²) in [4.78, 5) is 0. The van der Waals surface area contributed by atoms with Crippen LogP contribution in [0.4, 0.5) is 13.2 Å². The Kier molecular flexibility index (Phi) is 5.15. The summed E-state index contributed by atoms with van der Waals surface area (Å²) in [5.74, 6) is 5.35. The fourth-order valence-electron chi connectivity index (χ4n) is 1.82. The Morgan fingerprint density at radius 1 is 1.44 bits per heavy atom. The normalized spacial score (nSPS) is 13.9. The number of nitrogens with two attached hydrogens (primary N) is 1. The Morgan fingerprint density at radius 3 is 2.56 bits per heavy atom. The molecular formula is C11H19F3N4. The molecule has 0 amide bonds. The van der Waals surface area contributed by atoms with Crippen molar-refractivity contribution in [2.45, 2.75) is 51.9 Å². The molecule has 0 fully saturated rings. The Morgan fingerprint density at radius 2 is 2.11 bits per heavy atom. The summed E-state index contributed by atoms with van der Waals surface area (Å²) in [6, 6.07) is 1.28. The van der Waals surface area contributed by atoms with Gasteiger partial charge in [0.05, 0.1) is 17.4 Å². The van der Waals surface area contributed by atoms with E-state index in [0.29, 0.717) is 12.2 Å². The van der Waals surface area contributed by atoms with Gasteiger partial charge in [-0.05, 0) is 25.8 Å². The van der Waals surface area contributed by atoms with E-state index in [1.165, 1.54) is 0 Å². The van der Waals surface area contributed by atoms with Gasteiger partial charge in [0.1, 0.15) is 0 Å². The van der Waals surface area contributed by atoms with Gasteiger partial charge in [-0.3, -0.25) is 16.0 Å². The van der Waals surface area contributed by atoms with Gasteiger partial charge < -0.3 is 0 Å². The molecule has 0 spiro atoms. The number of rotatable bonds is 6. The van der Waals surface area contributed by atoms with Gasteiger partial charge in [-0.2, -0.15) is 18.3 Å². The second-order valence-electron chi connectivity index (χ2n) is 4.10. The number of alkyl halides is 3. The zero-order chi connectivity index (χ0) is 13.8. The van der Waals surface area contributed by atoms with Gasteiger partial charge in [-0.15, -0.1) is 0 Å². The van der Waals surface area contributed by atoms with Crippen LogP contribution in [0.5, 0.6) is 0 Å². The van der Waals surface area contributed by atoms with E-state index in [9.17, 15) is 13.2 Å². The van der Waals surface area contributed by atoms with Crippen LogP contribution in [0.15, 0.2) is 6.07 Å². The zero-order valence-corrected chi connectivity index (χ0v) is 10.6. The second kappa shape index (κ2) is 6.19. The van der Waals surface area contributed by atoms with Crippen molar-refractivity contribution < 1.29 is 13.2 Å². The van der Waals surface area contributed by atoms with Crippen LogP contribution in [-0.4, -0.2) is 16.0 Å². The lowest BCUT2D eigenvalue weighted by Crippen LogP contribution is -2.31. The van der Waals surface area contributed by atoms with Crippen LogP contribution in [0.2, 0.25) is 0 Å². The Hall–Kier alpha value is -1.08. The third-order valence-corrected chi connectivity index (χ3v) is 2.80. The van der Waals surface area contributed by atoms with Gasteiger partial charge in [0.25, 0.3) is 0 Å². The van der Waals surface area contributed by atoms with E-state index in [4.69, 9.17) is 5.84 Å². The second-order valence-corrected chi connectivity index (χ2v) is 4.10. The van der Waals surface area contributed by atoms with Gasteiger partial charge in [-0.1, -0.05) is 6.92 Å². The predicted molar refractivity (Wildman–Crippen MR) is 62.6 cm³/mol. The molecule has 1 aromatic rings. The molecule has 0 bridgehead atoms. The first-order valence-electron chi connectivity index (χ1n) is 6.00. The van der Waals surface area contributed by atoms with Gasteiger partial charge in [-0.25, -0.2) is 0 Å². The SMILES string of the molecule is CCc1cc(C(CCC(F)(F)F)NN)n(CC)n1. The molecule has 18 heavy (non-hydrogen) atoms. The molecule has 0 aromatic carbocycles. The quantitative estimate of drug-likeness (QED) is 0.612. The van der Waals surface area contributed by atoms with Crippen molar-refractivity contribution in [3.63, 3.8) is 0 Å². The number of hydrazine groups is 1. The van der Waals surface area contributed by atoms with Crippen LogP contribution in [0.25, 0.3) is 0 Å². The maximum Gasteiger partial charge on any atom is 0.389 e. The smallest absolute Gasteiger partial charge is 0.271 e. The van der Waals surface area contributed by atoms with E-state index in [2.05, 4.69) is 10.5 Å². The lowest BCUT2D eigenvalue weighted by atomic mass is 10.1. The van der Waals surface area contributed by atoms with E-state index >= 15 is 0 Å². The molecule has 1 rings (SSSR count). The van der Waals surface area contributed by atoms with Gasteiger partial charge in [0, 0.05) is 13.0 Å². The highest BCUT2D eigenvalue weighted by Crippen LogP contribution is 2.27. The van der Waals surface area contributed by atoms with Crippen molar-refractivity contribution in [3.05, 3.63) is 17.5 Å². The average molecular weight is 264 g/mol. The Bertz CT molecular complexity index is 373. The molecule has 0 saturated heterocycles. The van der Waals surface area contributed by atoms with E-state index in [1.54, 1.807) is 4.68 Å². The zero-order valence-electron chi connectivity index (χ0n) is 10.6. The van der Waals surface area contributed by atoms with Crippen LogP contribution in [-0.2, 0) is 13.0 Å². The third-order valence-electron chi connectivity index (χ3n) is 2.80. The number of aryl methyl sites for hydroxylation is 2. The first kappa shape index (κ1) is 15.0. The molecule has 0 aliphatic rings. The molecule has 1 aromatic heterocycles. The van der Waals surface area contributed by atoms with Gasteiger partial charge in [0.2, 0.25) is 0 Å². The minimum atomic E-state index is -4.17. The summed E-state index contributed by atoms with van der Waals surface area (Å²) in [7, 11) is 0. The summed E-state index contributed by atoms with van der Waals surface area (Å²) in [6.45, 7) is 4.46. The molecule has 7 heteroatoms. The van der Waals surface area contributed by atoms with Crippen molar-refractivity contribution in [2.24, 2.45) is 5.84 Å². The Balaban J connectivity index is 2.83. The molecule has 0 radical (unpaired) electrons. The number of halogens is 3. The fraction of sp³-hybridized carbons (Fsp3) is 0.727. The minimum absolute atomic E-state index is 0.0884. The van der Waals surface area contributed by atoms with E-state index < -0.39 is 18.6 Å². The molecule has 3 N–H and O–H groups in total. The fourth-order valence-corrected chi connectivity index (χ4v) is 1.82. The maximum atomic E-state index is 12.2. The van der Waals surface area contributed by atoms with E-state index in [1.807, 2.05) is 19.9 Å². The van der Waals surface area contributed by atoms with Gasteiger partial charge >= 0.3 is 6.18 Å². The molecule has 1 unspecified atom stereocenters. The largest absolute Gasteiger partial charge is 0.389 e. The van der Waals surface area contributed by atoms with Crippen LogP contribution in [0.1, 0.15) is 44.1 Å². The van der Waals surface area contributed by atoms with Crippen molar-refractivity contribution in [1.29, 1.82) is 0 Å². The Labute approximate surface area is 104 Å². The van der Waals surface area contributed by atoms with Crippen molar-refractivity contribution in [1.82, 2.24) is 15.2 Å². The standard InChI is InChI=1S/C11H19F3N4/c1-3-8-7-10(18(4-2)17-8)9(16-15)5-6-11(12,13)14/h7,9,16H,3-6,15H2,1-2H3. The van der Waals surface area contributed by atoms with Crippen molar-refractivity contribution >= 4 is 0 Å². The van der Waals surface area contributed by atoms with Crippen molar-refractivity contribution in [2.75, 3.05) is 0 Å². The van der Waals surface area contributed by atoms with Crippen molar-refractivity contribution in [3.8, 4) is 0 Å². The minimum Gasteiger partial charge on any atom is -0.271 e. The number of nitrogens with one attached hydrogen (secondary N) is 1. The molecule has 1 atom stereocenters. The summed E-state index contributed by atoms with van der Waals surface area (Å²) >= 11 is 0. The highest BCUT2D eigenvalue weighted by atomic mass is 19.4. The summed E-state index contributed by atoms with van der Waals surface area (Å²) in [6.07, 6.45) is -4.37. The average Bonchev–Trinajstić information content (AvgIpc) is 2.72. The number of nitrogens with zero attached hydrogens (tertiary/aromatic N) is 2. The first-order chi connectivity index (χ1) is 8.41. The summed E-state index contributed by atoms with van der Waals surface area (Å²) < 4.78 is 38.4. The lowest BCUT2D eigenvalue weighted by Gasteiger charge is -2.17. The van der Waals surface area contributed by atoms with Crippen LogP contribution >= 0.6 is 0 Å². The number of hydrogen-bond acceptors (Lipinski definition) is 3. The lowest BCUT2D eigenvalue weighted by molar-refractivity contribution is -0.136. The van der Waals surface area contributed by atoms with Crippen LogP contribution in [0.3, 0.4) is 0 Å². The van der Waals surface area contributed by atoms with Crippen LogP contribution in [0, 0.1) is 0 Å². The molecule has 0 aliphatic heterocycles. The summed E-state index contributed by atoms with van der Waals surface area (Å²) in [5, 5.41) is 4.30. The first-order valence-corrected chi connectivity index (χ1v) is 6.00. The van der Waals surface area contributed by atoms with Crippen LogP contribution < -0.4 is 11.3 Å². The summed E-state index contributed by atoms with van der Waals surface area (Å²) in [5.41, 5.74) is 4.01. The molecule has 4 nitrogen and oxygen atoms in total. The molecule has 104 valence electrons.